The largest absolute Gasteiger partial charge is 0.493 e. The van der Waals surface area contributed by atoms with Crippen LogP contribution in [-0.2, 0) is 6.61 Å². The Morgan fingerprint density at radius 3 is 2.96 bits per heavy atom. The highest BCUT2D eigenvalue weighted by molar-refractivity contribution is 6.30. The normalized spacial score (nSPS) is 17.4. The summed E-state index contributed by atoms with van der Waals surface area (Å²) >= 11 is 5.93. The average molecular weight is 365 g/mol. The molecule has 1 aliphatic heterocycles. The zero-order valence-electron chi connectivity index (χ0n) is 14.3. The molecule has 0 spiro atoms. The van der Waals surface area contributed by atoms with E-state index < -0.39 is 0 Å². The zero-order valence-corrected chi connectivity index (χ0v) is 15.1. The van der Waals surface area contributed by atoms with Gasteiger partial charge in [0.15, 0.2) is 23.0 Å². The molecule has 25 heavy (non-hydrogen) atoms. The third-order valence-corrected chi connectivity index (χ3v) is 4.57. The van der Waals surface area contributed by atoms with E-state index in [1.165, 1.54) is 0 Å². The summed E-state index contributed by atoms with van der Waals surface area (Å²) in [6.07, 6.45) is 3.21. The highest BCUT2D eigenvalue weighted by Crippen LogP contribution is 2.30. The van der Waals surface area contributed by atoms with Gasteiger partial charge in [0.2, 0.25) is 0 Å². The molecule has 0 saturated carbocycles. The number of rotatable bonds is 5. The van der Waals surface area contributed by atoms with E-state index in [0.717, 1.165) is 25.8 Å². The van der Waals surface area contributed by atoms with Crippen molar-refractivity contribution < 1.29 is 18.8 Å². The van der Waals surface area contributed by atoms with Crippen LogP contribution >= 0.6 is 11.6 Å². The van der Waals surface area contributed by atoms with Crippen LogP contribution in [0.3, 0.4) is 0 Å². The molecule has 0 radical (unpaired) electrons. The molecule has 134 valence electrons. The Morgan fingerprint density at radius 2 is 2.20 bits per heavy atom. The molecular formula is C18H21ClN2O4. The van der Waals surface area contributed by atoms with Crippen LogP contribution < -0.4 is 9.47 Å². The van der Waals surface area contributed by atoms with Gasteiger partial charge < -0.3 is 18.9 Å². The lowest BCUT2D eigenvalue weighted by Gasteiger charge is -2.32. The van der Waals surface area contributed by atoms with E-state index in [9.17, 15) is 4.79 Å². The first-order chi connectivity index (χ1) is 12.1. The van der Waals surface area contributed by atoms with Crippen molar-refractivity contribution in [3.05, 3.63) is 40.7 Å². The molecule has 0 bridgehead atoms. The number of carbonyl (C=O) groups excluding carboxylic acids is 1. The summed E-state index contributed by atoms with van der Waals surface area (Å²) < 4.78 is 16.2. The molecule has 7 heteroatoms. The molecule has 1 fully saturated rings. The number of benzene rings is 1. The molecule has 2 heterocycles. The van der Waals surface area contributed by atoms with Crippen molar-refractivity contribution in [2.75, 3.05) is 13.7 Å². The molecule has 0 N–H and O–H groups in total. The third-order valence-electron chi connectivity index (χ3n) is 4.34. The second-order valence-electron chi connectivity index (χ2n) is 6.11. The molecule has 0 aliphatic carbocycles. The van der Waals surface area contributed by atoms with E-state index in [0.29, 0.717) is 28.0 Å². The van der Waals surface area contributed by atoms with Gasteiger partial charge in [-0.05, 0) is 38.3 Å². The Kier molecular flexibility index (Phi) is 5.48. The topological polar surface area (TPSA) is 64.8 Å². The molecule has 2 aromatic rings. The molecule has 1 saturated heterocycles. The maximum absolute atomic E-state index is 12.6. The van der Waals surface area contributed by atoms with Crippen molar-refractivity contribution in [3.63, 3.8) is 0 Å². The molecular weight excluding hydrogens is 344 g/mol. The minimum atomic E-state index is -0.0914. The molecule has 1 aromatic carbocycles. The highest BCUT2D eigenvalue weighted by atomic mass is 35.5. The Bertz CT molecular complexity index is 746. The second kappa shape index (κ2) is 7.78. The monoisotopic (exact) mass is 364 g/mol. The number of aromatic nitrogens is 1. The van der Waals surface area contributed by atoms with E-state index in [4.69, 9.17) is 25.6 Å². The SMILES string of the molecule is COc1cc(Cl)ccc1OCc1cc(C(=O)N2CCCCC2C)no1. The fraction of sp³-hybridized carbons (Fsp3) is 0.444. The predicted octanol–water partition coefficient (Wildman–Crippen LogP) is 3.93. The van der Waals surface area contributed by atoms with Crippen LogP contribution in [0.5, 0.6) is 11.5 Å². The van der Waals surface area contributed by atoms with E-state index in [2.05, 4.69) is 12.1 Å². The Labute approximate surface area is 151 Å². The molecule has 6 nitrogen and oxygen atoms in total. The number of carbonyl (C=O) groups is 1. The van der Waals surface area contributed by atoms with Crippen LogP contribution in [-0.4, -0.2) is 35.7 Å². The molecule has 1 atom stereocenters. The van der Waals surface area contributed by atoms with Gasteiger partial charge in [-0.3, -0.25) is 4.79 Å². The summed E-state index contributed by atoms with van der Waals surface area (Å²) in [7, 11) is 1.55. The van der Waals surface area contributed by atoms with Crippen LogP contribution in [0.4, 0.5) is 0 Å². The zero-order chi connectivity index (χ0) is 17.8. The summed E-state index contributed by atoms with van der Waals surface area (Å²) in [6.45, 7) is 2.97. The van der Waals surface area contributed by atoms with Crippen molar-refractivity contribution in [2.45, 2.75) is 38.8 Å². The van der Waals surface area contributed by atoms with Gasteiger partial charge in [0.25, 0.3) is 5.91 Å². The van der Waals surface area contributed by atoms with E-state index in [1.807, 2.05) is 4.90 Å². The van der Waals surface area contributed by atoms with Gasteiger partial charge in [-0.15, -0.1) is 0 Å². The first kappa shape index (κ1) is 17.6. The fourth-order valence-electron chi connectivity index (χ4n) is 2.94. The smallest absolute Gasteiger partial charge is 0.276 e. The average Bonchev–Trinajstić information content (AvgIpc) is 3.09. The van der Waals surface area contributed by atoms with Gasteiger partial charge in [-0.2, -0.15) is 0 Å². The highest BCUT2D eigenvalue weighted by Gasteiger charge is 2.26. The van der Waals surface area contributed by atoms with Crippen molar-refractivity contribution >= 4 is 17.5 Å². The van der Waals surface area contributed by atoms with Crippen molar-refractivity contribution in [1.29, 1.82) is 0 Å². The standard InChI is InChI=1S/C18H21ClN2O4/c1-12-5-3-4-8-21(12)18(22)15-10-14(25-20-15)11-24-16-7-6-13(19)9-17(16)23-2/h6-7,9-10,12H,3-5,8,11H2,1-2H3. The number of likely N-dealkylation sites (tertiary alicyclic amines) is 1. The number of piperidine rings is 1. The molecule has 1 unspecified atom stereocenters. The number of halogens is 1. The first-order valence-electron chi connectivity index (χ1n) is 8.31. The van der Waals surface area contributed by atoms with Gasteiger partial charge >= 0.3 is 0 Å². The number of ether oxygens (including phenoxy) is 2. The maximum atomic E-state index is 12.6. The van der Waals surface area contributed by atoms with Gasteiger partial charge in [0, 0.05) is 29.7 Å². The van der Waals surface area contributed by atoms with Crippen molar-refractivity contribution in [2.24, 2.45) is 0 Å². The summed E-state index contributed by atoms with van der Waals surface area (Å²) in [5.41, 5.74) is 0.315. The number of hydrogen-bond donors (Lipinski definition) is 0. The maximum Gasteiger partial charge on any atom is 0.276 e. The third kappa shape index (κ3) is 4.07. The van der Waals surface area contributed by atoms with E-state index >= 15 is 0 Å². The summed E-state index contributed by atoms with van der Waals surface area (Å²) in [5, 5.41) is 4.46. The minimum Gasteiger partial charge on any atom is -0.493 e. The number of methoxy groups -OCH3 is 1. The predicted molar refractivity (Wildman–Crippen MR) is 93.2 cm³/mol. The van der Waals surface area contributed by atoms with Crippen LogP contribution in [0, 0.1) is 0 Å². The van der Waals surface area contributed by atoms with E-state index in [1.54, 1.807) is 31.4 Å². The van der Waals surface area contributed by atoms with Gasteiger partial charge in [-0.25, -0.2) is 0 Å². The number of hydrogen-bond acceptors (Lipinski definition) is 5. The quantitative estimate of drug-likeness (QED) is 0.804. The van der Waals surface area contributed by atoms with Crippen molar-refractivity contribution in [3.8, 4) is 11.5 Å². The van der Waals surface area contributed by atoms with E-state index in [-0.39, 0.29) is 18.6 Å². The summed E-state index contributed by atoms with van der Waals surface area (Å²) in [6, 6.07) is 6.97. The summed E-state index contributed by atoms with van der Waals surface area (Å²) in [5.74, 6) is 1.46. The molecule has 1 amide bonds. The lowest BCUT2D eigenvalue weighted by Crippen LogP contribution is -2.42. The first-order valence-corrected chi connectivity index (χ1v) is 8.69. The van der Waals surface area contributed by atoms with Crippen LogP contribution in [0.15, 0.2) is 28.8 Å². The summed E-state index contributed by atoms with van der Waals surface area (Å²) in [4.78, 5) is 14.4. The van der Waals surface area contributed by atoms with Crippen LogP contribution in [0.1, 0.15) is 42.4 Å². The fourth-order valence-corrected chi connectivity index (χ4v) is 3.10. The lowest BCUT2D eigenvalue weighted by molar-refractivity contribution is 0.0624. The Morgan fingerprint density at radius 1 is 1.36 bits per heavy atom. The lowest BCUT2D eigenvalue weighted by atomic mass is 10.0. The number of nitrogens with zero attached hydrogens (tertiary/aromatic N) is 2. The van der Waals surface area contributed by atoms with Crippen LogP contribution in [0.25, 0.3) is 0 Å². The minimum absolute atomic E-state index is 0.0914. The number of amides is 1. The van der Waals surface area contributed by atoms with Crippen LogP contribution in [0.2, 0.25) is 5.02 Å². The Hall–Kier alpha value is -2.21. The van der Waals surface area contributed by atoms with Gasteiger partial charge in [0.05, 0.1) is 7.11 Å². The van der Waals surface area contributed by atoms with Gasteiger partial charge in [0.1, 0.15) is 6.61 Å². The molecule has 3 rings (SSSR count). The Balaban J connectivity index is 1.65. The molecule has 1 aromatic heterocycles. The van der Waals surface area contributed by atoms with Crippen molar-refractivity contribution in [1.82, 2.24) is 10.1 Å². The molecule has 1 aliphatic rings. The van der Waals surface area contributed by atoms with Gasteiger partial charge in [-0.1, -0.05) is 16.8 Å². The second-order valence-corrected chi connectivity index (χ2v) is 6.54.